The molecule has 10 heteroatoms. The van der Waals surface area contributed by atoms with Crippen molar-refractivity contribution < 1.29 is 18.0 Å². The zero-order valence-electron chi connectivity index (χ0n) is 15.9. The Labute approximate surface area is 200 Å². The molecule has 3 aromatic rings. The smallest absolute Gasteiger partial charge is 0.252 e. The zero-order valence-corrected chi connectivity index (χ0v) is 20.7. The Morgan fingerprint density at radius 2 is 1.58 bits per heavy atom. The van der Waals surface area contributed by atoms with Crippen molar-refractivity contribution in [2.24, 2.45) is 0 Å². The third-order valence-corrected chi connectivity index (χ3v) is 8.65. The number of carbonyl (C=O) groups excluding carboxylic acids is 2. The molecule has 1 saturated heterocycles. The van der Waals surface area contributed by atoms with Gasteiger partial charge in [0.25, 0.3) is 5.91 Å². The van der Waals surface area contributed by atoms with Crippen molar-refractivity contribution in [3.63, 3.8) is 0 Å². The van der Waals surface area contributed by atoms with Crippen LogP contribution < -0.4 is 4.90 Å². The highest BCUT2D eigenvalue weighted by atomic mass is 79.9. The van der Waals surface area contributed by atoms with Gasteiger partial charge in [-0.2, -0.15) is 4.31 Å². The molecule has 31 heavy (non-hydrogen) atoms. The van der Waals surface area contributed by atoms with Crippen LogP contribution in [0.4, 0.5) is 5.69 Å². The Morgan fingerprint density at radius 1 is 0.968 bits per heavy atom. The molecular weight excluding hydrogens is 568 g/mol. The number of anilines is 1. The lowest BCUT2D eigenvalue weighted by Crippen LogP contribution is -2.44. The third kappa shape index (κ3) is 4.54. The Morgan fingerprint density at radius 3 is 2.16 bits per heavy atom. The van der Waals surface area contributed by atoms with Crippen LogP contribution in [0.2, 0.25) is 0 Å². The number of thiophene rings is 1. The molecule has 6 nitrogen and oxygen atoms in total. The minimum atomic E-state index is -4.03. The summed E-state index contributed by atoms with van der Waals surface area (Å²) in [5.74, 6) is -0.982. The number of rotatable bonds is 6. The van der Waals surface area contributed by atoms with Crippen LogP contribution >= 0.6 is 43.2 Å². The number of halogens is 2. The molecule has 1 atom stereocenters. The minimum Gasteiger partial charge on any atom is -0.274 e. The highest BCUT2D eigenvalue weighted by Gasteiger charge is 2.47. The van der Waals surface area contributed by atoms with E-state index in [0.29, 0.717) is 5.69 Å². The molecule has 2 amide bonds. The summed E-state index contributed by atoms with van der Waals surface area (Å²) in [6.45, 7) is 0.00787. The van der Waals surface area contributed by atoms with Gasteiger partial charge in [0.1, 0.15) is 6.04 Å². The van der Waals surface area contributed by atoms with Crippen molar-refractivity contribution in [3.05, 3.63) is 79.9 Å². The summed E-state index contributed by atoms with van der Waals surface area (Å²) in [4.78, 5) is 28.0. The highest BCUT2D eigenvalue weighted by Crippen LogP contribution is 2.32. The van der Waals surface area contributed by atoms with E-state index in [1.165, 1.54) is 23.5 Å². The molecule has 0 aliphatic carbocycles. The van der Waals surface area contributed by atoms with Gasteiger partial charge >= 0.3 is 0 Å². The normalized spacial score (nSPS) is 17.0. The van der Waals surface area contributed by atoms with E-state index in [0.717, 1.165) is 23.0 Å². The molecule has 1 aliphatic rings. The van der Waals surface area contributed by atoms with E-state index in [4.69, 9.17) is 0 Å². The van der Waals surface area contributed by atoms with Crippen molar-refractivity contribution in [2.75, 3.05) is 4.90 Å². The van der Waals surface area contributed by atoms with Gasteiger partial charge in [-0.3, -0.25) is 9.59 Å². The first-order valence-electron chi connectivity index (χ1n) is 9.19. The van der Waals surface area contributed by atoms with Crippen LogP contribution in [-0.2, 0) is 26.2 Å². The highest BCUT2D eigenvalue weighted by molar-refractivity contribution is 9.10. The summed E-state index contributed by atoms with van der Waals surface area (Å²) in [5.41, 5.74) is 0.415. The lowest BCUT2D eigenvalue weighted by molar-refractivity contribution is -0.122. The van der Waals surface area contributed by atoms with Crippen molar-refractivity contribution in [1.29, 1.82) is 0 Å². The van der Waals surface area contributed by atoms with Crippen LogP contribution in [0.1, 0.15) is 11.3 Å². The zero-order chi connectivity index (χ0) is 22.2. The topological polar surface area (TPSA) is 74.8 Å². The maximum absolute atomic E-state index is 13.5. The van der Waals surface area contributed by atoms with Gasteiger partial charge in [-0.25, -0.2) is 13.3 Å². The monoisotopic (exact) mass is 582 g/mol. The summed E-state index contributed by atoms with van der Waals surface area (Å²) in [5, 5.41) is 1.84. The standard InChI is InChI=1S/C21H16Br2N2O4S2/c22-14-3-7-16(8-4-14)25-20(26)12-19(21(25)27)24(13-17-2-1-11-30-17)31(28,29)18-9-5-15(23)6-10-18/h1-11,19H,12-13H2. The number of nitrogens with zero attached hydrogens (tertiary/aromatic N) is 2. The SMILES string of the molecule is O=C1CC(N(Cc2cccs2)S(=O)(=O)c2ccc(Br)cc2)C(=O)N1c1ccc(Br)cc1. The predicted octanol–water partition coefficient (Wildman–Crippen LogP) is 4.80. The van der Waals surface area contributed by atoms with Crippen LogP contribution in [0.25, 0.3) is 0 Å². The summed E-state index contributed by atoms with van der Waals surface area (Å²) in [6.07, 6.45) is -0.212. The molecule has 160 valence electrons. The molecule has 1 fully saturated rings. The number of imide groups is 1. The largest absolute Gasteiger partial charge is 0.274 e. The van der Waals surface area contributed by atoms with Gasteiger partial charge < -0.3 is 0 Å². The molecule has 1 aromatic heterocycles. The molecule has 0 N–H and O–H groups in total. The quantitative estimate of drug-likeness (QED) is 0.391. The Bertz CT molecular complexity index is 1210. The first-order valence-corrected chi connectivity index (χ1v) is 13.1. The molecule has 2 heterocycles. The van der Waals surface area contributed by atoms with E-state index in [1.807, 2.05) is 17.5 Å². The second-order valence-electron chi connectivity index (χ2n) is 6.85. The van der Waals surface area contributed by atoms with Crippen molar-refractivity contribution in [1.82, 2.24) is 4.31 Å². The number of hydrogen-bond donors (Lipinski definition) is 0. The number of carbonyl (C=O) groups is 2. The molecule has 1 unspecified atom stereocenters. The number of hydrogen-bond acceptors (Lipinski definition) is 5. The van der Waals surface area contributed by atoms with Crippen LogP contribution in [0.3, 0.4) is 0 Å². The number of benzene rings is 2. The van der Waals surface area contributed by atoms with Crippen LogP contribution in [-0.4, -0.2) is 30.6 Å². The van der Waals surface area contributed by atoms with Crippen molar-refractivity contribution in [2.45, 2.75) is 23.9 Å². The van der Waals surface area contributed by atoms with Crippen LogP contribution in [0.15, 0.2) is 79.9 Å². The molecule has 0 spiro atoms. The number of amides is 2. The molecule has 0 bridgehead atoms. The lowest BCUT2D eigenvalue weighted by atomic mass is 10.2. The molecule has 1 aliphatic heterocycles. The van der Waals surface area contributed by atoms with Gasteiger partial charge in [0, 0.05) is 20.4 Å². The molecule has 4 rings (SSSR count). The molecule has 2 aromatic carbocycles. The van der Waals surface area contributed by atoms with Crippen LogP contribution in [0, 0.1) is 0 Å². The first kappa shape index (κ1) is 22.3. The average molecular weight is 584 g/mol. The van der Waals surface area contributed by atoms with Gasteiger partial charge in [-0.1, -0.05) is 37.9 Å². The maximum Gasteiger partial charge on any atom is 0.252 e. The lowest BCUT2D eigenvalue weighted by Gasteiger charge is -2.26. The summed E-state index contributed by atoms with van der Waals surface area (Å²) in [6, 6.07) is 15.5. The second-order valence-corrected chi connectivity index (χ2v) is 11.6. The molecule has 0 saturated carbocycles. The fraction of sp³-hybridized carbons (Fsp3) is 0.143. The van der Waals surface area contributed by atoms with Gasteiger partial charge in [0.15, 0.2) is 0 Å². The molecular formula is C21H16Br2N2O4S2. The molecule has 0 radical (unpaired) electrons. The Kier molecular flexibility index (Phi) is 6.45. The van der Waals surface area contributed by atoms with E-state index < -0.39 is 27.9 Å². The second kappa shape index (κ2) is 8.95. The first-order chi connectivity index (χ1) is 14.8. The van der Waals surface area contributed by atoms with E-state index >= 15 is 0 Å². The van der Waals surface area contributed by atoms with E-state index in [-0.39, 0.29) is 17.9 Å². The number of sulfonamides is 1. The van der Waals surface area contributed by atoms with E-state index in [1.54, 1.807) is 36.4 Å². The summed E-state index contributed by atoms with van der Waals surface area (Å²) in [7, 11) is -4.03. The maximum atomic E-state index is 13.5. The fourth-order valence-electron chi connectivity index (χ4n) is 3.36. The third-order valence-electron chi connectivity index (χ3n) is 4.87. The van der Waals surface area contributed by atoms with E-state index in [2.05, 4.69) is 31.9 Å². The minimum absolute atomic E-state index is 0.00787. The van der Waals surface area contributed by atoms with Gasteiger partial charge in [0.2, 0.25) is 15.9 Å². The van der Waals surface area contributed by atoms with E-state index in [9.17, 15) is 18.0 Å². The average Bonchev–Trinajstić information content (AvgIpc) is 3.35. The Hall–Kier alpha value is -1.85. The van der Waals surface area contributed by atoms with Gasteiger partial charge in [0.05, 0.1) is 17.0 Å². The Balaban J connectivity index is 1.73. The van der Waals surface area contributed by atoms with Gasteiger partial charge in [-0.05, 0) is 60.0 Å². The van der Waals surface area contributed by atoms with Crippen LogP contribution in [0.5, 0.6) is 0 Å². The predicted molar refractivity (Wildman–Crippen MR) is 126 cm³/mol. The van der Waals surface area contributed by atoms with Crippen molar-refractivity contribution >= 4 is 70.7 Å². The fourth-order valence-corrected chi connectivity index (χ4v) is 6.24. The summed E-state index contributed by atoms with van der Waals surface area (Å²) < 4.78 is 29.7. The van der Waals surface area contributed by atoms with Crippen molar-refractivity contribution in [3.8, 4) is 0 Å². The van der Waals surface area contributed by atoms with Gasteiger partial charge in [-0.15, -0.1) is 11.3 Å². The summed E-state index contributed by atoms with van der Waals surface area (Å²) >= 11 is 8.03.